The minimum absolute atomic E-state index is 0.0427. The van der Waals surface area contributed by atoms with E-state index in [0.29, 0.717) is 30.3 Å². The molecule has 0 aromatic heterocycles. The van der Waals surface area contributed by atoms with Crippen LogP contribution in [0.4, 0.5) is 4.39 Å². The number of benzene rings is 2. The Balaban J connectivity index is 1.57. The van der Waals surface area contributed by atoms with Crippen LogP contribution in [0.25, 0.3) is 0 Å². The van der Waals surface area contributed by atoms with Crippen LogP contribution in [-0.4, -0.2) is 33.4 Å². The number of hydrogen-bond donors (Lipinski definition) is 0. The van der Waals surface area contributed by atoms with E-state index in [9.17, 15) is 17.6 Å². The molecule has 1 heterocycles. The van der Waals surface area contributed by atoms with Gasteiger partial charge in [-0.25, -0.2) is 12.8 Å². The van der Waals surface area contributed by atoms with Crippen LogP contribution in [0.3, 0.4) is 0 Å². The van der Waals surface area contributed by atoms with Gasteiger partial charge in [0.25, 0.3) is 0 Å². The SMILES string of the molecule is O=C(CCS(=O)(=O)c1ccc2c(c1)OCCO2)OCc1ccc(F)cc1Cl. The van der Waals surface area contributed by atoms with Gasteiger partial charge < -0.3 is 14.2 Å². The number of rotatable bonds is 6. The van der Waals surface area contributed by atoms with Gasteiger partial charge in [0.05, 0.1) is 22.1 Å². The van der Waals surface area contributed by atoms with Gasteiger partial charge in [-0.1, -0.05) is 17.7 Å². The summed E-state index contributed by atoms with van der Waals surface area (Å²) in [6, 6.07) is 8.02. The van der Waals surface area contributed by atoms with E-state index in [2.05, 4.69) is 0 Å². The molecule has 0 saturated heterocycles. The Hall–Kier alpha value is -2.32. The number of sulfone groups is 1. The van der Waals surface area contributed by atoms with Crippen LogP contribution in [0.15, 0.2) is 41.3 Å². The molecule has 0 N–H and O–H groups in total. The van der Waals surface area contributed by atoms with Gasteiger partial charge in [0.1, 0.15) is 25.6 Å². The lowest BCUT2D eigenvalue weighted by atomic mass is 10.2. The fourth-order valence-corrected chi connectivity index (χ4v) is 3.88. The van der Waals surface area contributed by atoms with Crippen LogP contribution < -0.4 is 9.47 Å². The molecule has 144 valence electrons. The number of carbonyl (C=O) groups excluding carboxylic acids is 1. The molecule has 9 heteroatoms. The van der Waals surface area contributed by atoms with E-state index in [4.69, 9.17) is 25.8 Å². The number of hydrogen-bond acceptors (Lipinski definition) is 6. The van der Waals surface area contributed by atoms with Crippen LogP contribution in [0.5, 0.6) is 11.5 Å². The summed E-state index contributed by atoms with van der Waals surface area (Å²) in [6.07, 6.45) is -0.324. The van der Waals surface area contributed by atoms with Crippen molar-refractivity contribution < 1.29 is 31.8 Å². The maximum absolute atomic E-state index is 13.0. The van der Waals surface area contributed by atoms with E-state index >= 15 is 0 Å². The molecule has 0 atom stereocenters. The topological polar surface area (TPSA) is 78.9 Å². The van der Waals surface area contributed by atoms with Crippen molar-refractivity contribution in [1.29, 1.82) is 0 Å². The highest BCUT2D eigenvalue weighted by molar-refractivity contribution is 7.91. The van der Waals surface area contributed by atoms with Gasteiger partial charge in [0, 0.05) is 11.6 Å². The van der Waals surface area contributed by atoms with Crippen molar-refractivity contribution in [2.24, 2.45) is 0 Å². The molecule has 0 saturated carbocycles. The average Bonchev–Trinajstić information content (AvgIpc) is 2.65. The largest absolute Gasteiger partial charge is 0.486 e. The predicted molar refractivity (Wildman–Crippen MR) is 95.3 cm³/mol. The van der Waals surface area contributed by atoms with Gasteiger partial charge >= 0.3 is 5.97 Å². The highest BCUT2D eigenvalue weighted by Crippen LogP contribution is 2.32. The van der Waals surface area contributed by atoms with E-state index in [1.54, 1.807) is 0 Å². The predicted octanol–water partition coefficient (Wildman–Crippen LogP) is 3.16. The van der Waals surface area contributed by atoms with E-state index in [-0.39, 0.29) is 22.9 Å². The Morgan fingerprint density at radius 1 is 1.11 bits per heavy atom. The summed E-state index contributed by atoms with van der Waals surface area (Å²) >= 11 is 5.85. The highest BCUT2D eigenvalue weighted by atomic mass is 35.5. The van der Waals surface area contributed by atoms with E-state index in [1.807, 2.05) is 0 Å². The molecule has 1 aliphatic heterocycles. The number of carbonyl (C=O) groups is 1. The van der Waals surface area contributed by atoms with Gasteiger partial charge in [-0.15, -0.1) is 0 Å². The zero-order valence-electron chi connectivity index (χ0n) is 14.1. The van der Waals surface area contributed by atoms with Gasteiger partial charge in [-0.05, 0) is 24.3 Å². The van der Waals surface area contributed by atoms with Crippen LogP contribution in [0, 0.1) is 5.82 Å². The number of halogens is 2. The number of fused-ring (bicyclic) bond motifs is 1. The fourth-order valence-electron chi connectivity index (χ4n) is 2.42. The van der Waals surface area contributed by atoms with Gasteiger partial charge in [0.15, 0.2) is 21.3 Å². The molecule has 2 aromatic carbocycles. The molecule has 27 heavy (non-hydrogen) atoms. The first-order chi connectivity index (χ1) is 12.8. The Bertz CT molecular complexity index is 960. The van der Waals surface area contributed by atoms with E-state index in [1.165, 1.54) is 30.3 Å². The number of ether oxygens (including phenoxy) is 3. The Labute approximate surface area is 160 Å². The molecule has 3 rings (SSSR count). The molecule has 0 unspecified atom stereocenters. The molecule has 0 radical (unpaired) electrons. The Kier molecular flexibility index (Phi) is 5.86. The van der Waals surface area contributed by atoms with Gasteiger partial charge in [-0.2, -0.15) is 0 Å². The normalized spacial score (nSPS) is 13.3. The summed E-state index contributed by atoms with van der Waals surface area (Å²) in [7, 11) is -3.70. The third kappa shape index (κ3) is 4.90. The third-order valence-corrected chi connectivity index (χ3v) is 5.92. The first kappa shape index (κ1) is 19.4. The van der Waals surface area contributed by atoms with Crippen LogP contribution >= 0.6 is 11.6 Å². The van der Waals surface area contributed by atoms with Crippen molar-refractivity contribution in [3.63, 3.8) is 0 Å². The molecule has 2 aromatic rings. The van der Waals surface area contributed by atoms with Crippen molar-refractivity contribution in [3.05, 3.63) is 52.8 Å². The smallest absolute Gasteiger partial charge is 0.307 e. The van der Waals surface area contributed by atoms with Crippen molar-refractivity contribution in [2.45, 2.75) is 17.9 Å². The molecule has 0 amide bonds. The summed E-state index contributed by atoms with van der Waals surface area (Å²) in [5.41, 5.74) is 0.432. The maximum atomic E-state index is 13.0. The zero-order chi connectivity index (χ0) is 19.4. The van der Waals surface area contributed by atoms with E-state index in [0.717, 1.165) is 6.07 Å². The zero-order valence-corrected chi connectivity index (χ0v) is 15.7. The average molecular weight is 415 g/mol. The van der Waals surface area contributed by atoms with Crippen molar-refractivity contribution >= 4 is 27.4 Å². The Morgan fingerprint density at radius 2 is 1.85 bits per heavy atom. The van der Waals surface area contributed by atoms with Crippen molar-refractivity contribution in [1.82, 2.24) is 0 Å². The van der Waals surface area contributed by atoms with Gasteiger partial charge in [0.2, 0.25) is 0 Å². The van der Waals surface area contributed by atoms with Crippen molar-refractivity contribution in [3.8, 4) is 11.5 Å². The van der Waals surface area contributed by atoms with E-state index < -0.39 is 27.4 Å². The number of esters is 1. The molecule has 0 aliphatic carbocycles. The van der Waals surface area contributed by atoms with Crippen LogP contribution in [-0.2, 0) is 26.0 Å². The van der Waals surface area contributed by atoms with Crippen LogP contribution in [0.2, 0.25) is 5.02 Å². The molecule has 1 aliphatic rings. The van der Waals surface area contributed by atoms with Crippen molar-refractivity contribution in [2.75, 3.05) is 19.0 Å². The molecular weight excluding hydrogens is 399 g/mol. The minimum Gasteiger partial charge on any atom is -0.486 e. The minimum atomic E-state index is -3.70. The molecular formula is C18H16ClFO6S. The third-order valence-electron chi connectivity index (χ3n) is 3.85. The molecule has 0 spiro atoms. The summed E-state index contributed by atoms with van der Waals surface area (Å²) in [5, 5.41) is 0.131. The first-order valence-corrected chi connectivity index (χ1v) is 10.1. The standard InChI is InChI=1S/C18H16ClFO6S/c19-15-9-13(20)2-1-12(15)11-26-18(21)5-8-27(22,23)14-3-4-16-17(10-14)25-7-6-24-16/h1-4,9-10H,5-8,11H2. The summed E-state index contributed by atoms with van der Waals surface area (Å²) in [4.78, 5) is 11.9. The Morgan fingerprint density at radius 3 is 2.59 bits per heavy atom. The summed E-state index contributed by atoms with van der Waals surface area (Å²) in [6.45, 7) is 0.583. The lowest BCUT2D eigenvalue weighted by Crippen LogP contribution is -2.17. The molecule has 0 fully saturated rings. The second-order valence-electron chi connectivity index (χ2n) is 5.77. The monoisotopic (exact) mass is 414 g/mol. The second kappa shape index (κ2) is 8.14. The lowest BCUT2D eigenvalue weighted by molar-refractivity contribution is -0.144. The molecule has 0 bridgehead atoms. The lowest BCUT2D eigenvalue weighted by Gasteiger charge is -2.18. The fraction of sp³-hybridized carbons (Fsp3) is 0.278. The molecule has 6 nitrogen and oxygen atoms in total. The summed E-state index contributed by atoms with van der Waals surface area (Å²) < 4.78 is 53.6. The summed E-state index contributed by atoms with van der Waals surface area (Å²) in [5.74, 6) is -0.772. The maximum Gasteiger partial charge on any atom is 0.307 e. The highest BCUT2D eigenvalue weighted by Gasteiger charge is 2.21. The first-order valence-electron chi connectivity index (χ1n) is 8.07. The van der Waals surface area contributed by atoms with Crippen LogP contribution in [0.1, 0.15) is 12.0 Å². The van der Waals surface area contributed by atoms with Gasteiger partial charge in [-0.3, -0.25) is 4.79 Å². The second-order valence-corrected chi connectivity index (χ2v) is 8.29. The quantitative estimate of drug-likeness (QED) is 0.675.